The SMILES string of the molecule is O=c1ccc2c(-c3ccc(B(O)O)cc3)c3ccc(O)cc3oc-2c1. The first-order valence-corrected chi connectivity index (χ1v) is 7.69. The Balaban J connectivity index is 2.07. The maximum absolute atomic E-state index is 11.7. The number of rotatable bonds is 2. The molecule has 5 nitrogen and oxygen atoms in total. The Bertz CT molecular complexity index is 1100. The summed E-state index contributed by atoms with van der Waals surface area (Å²) < 4.78 is 5.79. The van der Waals surface area contributed by atoms with Crippen molar-refractivity contribution in [3.8, 4) is 28.2 Å². The van der Waals surface area contributed by atoms with Gasteiger partial charge in [0.1, 0.15) is 17.1 Å². The second kappa shape index (κ2) is 5.77. The molecular weight excluding hydrogens is 319 g/mol. The van der Waals surface area contributed by atoms with Crippen LogP contribution in [0.5, 0.6) is 5.75 Å². The summed E-state index contributed by atoms with van der Waals surface area (Å²) in [5, 5.41) is 29.1. The van der Waals surface area contributed by atoms with Gasteiger partial charge in [0.15, 0.2) is 5.43 Å². The van der Waals surface area contributed by atoms with E-state index in [-0.39, 0.29) is 11.2 Å². The van der Waals surface area contributed by atoms with Crippen LogP contribution in [-0.2, 0) is 0 Å². The van der Waals surface area contributed by atoms with Gasteiger partial charge in [-0.1, -0.05) is 24.3 Å². The standard InChI is InChI=1S/C19H13BO5/c21-13-5-7-15-17(9-13)25-18-10-14(22)6-8-16(18)19(15)11-1-3-12(4-2-11)20(23)24/h1-10,21,23-24H. The summed E-state index contributed by atoms with van der Waals surface area (Å²) in [5.74, 6) is 0.491. The van der Waals surface area contributed by atoms with Gasteiger partial charge in [0, 0.05) is 28.6 Å². The average molecular weight is 332 g/mol. The maximum atomic E-state index is 11.7. The molecule has 2 aromatic rings. The molecule has 0 spiro atoms. The molecule has 2 aromatic carbocycles. The van der Waals surface area contributed by atoms with Gasteiger partial charge in [-0.15, -0.1) is 0 Å². The number of benzene rings is 3. The van der Waals surface area contributed by atoms with E-state index in [1.54, 1.807) is 42.5 Å². The van der Waals surface area contributed by atoms with E-state index in [0.29, 0.717) is 16.8 Å². The van der Waals surface area contributed by atoms with E-state index in [4.69, 9.17) is 4.42 Å². The van der Waals surface area contributed by atoms with Crippen LogP contribution in [0.1, 0.15) is 0 Å². The second-order valence-corrected chi connectivity index (χ2v) is 5.81. The van der Waals surface area contributed by atoms with Crippen LogP contribution in [0, 0.1) is 0 Å². The summed E-state index contributed by atoms with van der Waals surface area (Å²) in [6.07, 6.45) is 0. The highest BCUT2D eigenvalue weighted by molar-refractivity contribution is 6.58. The molecule has 0 amide bonds. The van der Waals surface area contributed by atoms with Crippen molar-refractivity contribution in [1.29, 1.82) is 0 Å². The monoisotopic (exact) mass is 332 g/mol. The van der Waals surface area contributed by atoms with E-state index in [1.165, 1.54) is 18.2 Å². The van der Waals surface area contributed by atoms with Gasteiger partial charge < -0.3 is 19.6 Å². The predicted molar refractivity (Wildman–Crippen MR) is 96.0 cm³/mol. The first kappa shape index (κ1) is 15.4. The van der Waals surface area contributed by atoms with E-state index in [9.17, 15) is 19.9 Å². The molecular formula is C19H13BO5. The van der Waals surface area contributed by atoms with Crippen molar-refractivity contribution in [3.05, 3.63) is 70.9 Å². The van der Waals surface area contributed by atoms with Crippen molar-refractivity contribution < 1.29 is 19.6 Å². The van der Waals surface area contributed by atoms with Gasteiger partial charge in [0.05, 0.1) is 0 Å². The van der Waals surface area contributed by atoms with Crippen molar-refractivity contribution in [1.82, 2.24) is 0 Å². The molecule has 1 heterocycles. The third-order valence-corrected chi connectivity index (χ3v) is 4.17. The lowest BCUT2D eigenvalue weighted by molar-refractivity contribution is 0.426. The number of aromatic hydroxyl groups is 1. The highest BCUT2D eigenvalue weighted by Gasteiger charge is 2.18. The normalized spacial score (nSPS) is 11.1. The van der Waals surface area contributed by atoms with E-state index in [0.717, 1.165) is 22.1 Å². The highest BCUT2D eigenvalue weighted by Crippen LogP contribution is 2.40. The zero-order valence-electron chi connectivity index (χ0n) is 13.0. The molecule has 2 aliphatic rings. The largest absolute Gasteiger partial charge is 0.508 e. The molecule has 25 heavy (non-hydrogen) atoms. The van der Waals surface area contributed by atoms with Gasteiger partial charge in [-0.3, -0.25) is 4.79 Å². The zero-order valence-corrected chi connectivity index (χ0v) is 13.0. The van der Waals surface area contributed by atoms with Crippen LogP contribution < -0.4 is 10.9 Å². The van der Waals surface area contributed by atoms with Gasteiger partial charge in [-0.05, 0) is 35.3 Å². The molecule has 3 N–H and O–H groups in total. The summed E-state index contributed by atoms with van der Waals surface area (Å²) in [6.45, 7) is 0. The smallest absolute Gasteiger partial charge is 0.488 e. The van der Waals surface area contributed by atoms with Gasteiger partial charge in [-0.2, -0.15) is 0 Å². The van der Waals surface area contributed by atoms with Crippen molar-refractivity contribution in [2.75, 3.05) is 0 Å². The molecule has 122 valence electrons. The first-order chi connectivity index (χ1) is 12.0. The number of phenols is 1. The minimum absolute atomic E-state index is 0.0681. The minimum Gasteiger partial charge on any atom is -0.508 e. The summed E-state index contributed by atoms with van der Waals surface area (Å²) >= 11 is 0. The van der Waals surface area contributed by atoms with E-state index in [1.807, 2.05) is 0 Å². The Morgan fingerprint density at radius 3 is 2.36 bits per heavy atom. The van der Waals surface area contributed by atoms with Crippen molar-refractivity contribution in [2.24, 2.45) is 0 Å². The van der Waals surface area contributed by atoms with Crippen LogP contribution in [0.3, 0.4) is 0 Å². The fourth-order valence-corrected chi connectivity index (χ4v) is 2.99. The summed E-state index contributed by atoms with van der Waals surface area (Å²) in [7, 11) is -1.53. The van der Waals surface area contributed by atoms with E-state index in [2.05, 4.69) is 0 Å². The summed E-state index contributed by atoms with van der Waals surface area (Å²) in [6, 6.07) is 16.2. The first-order valence-electron chi connectivity index (χ1n) is 7.69. The van der Waals surface area contributed by atoms with Crippen LogP contribution in [0.15, 0.2) is 69.9 Å². The molecule has 0 radical (unpaired) electrons. The van der Waals surface area contributed by atoms with Crippen LogP contribution in [0.4, 0.5) is 0 Å². The number of hydrogen-bond acceptors (Lipinski definition) is 5. The van der Waals surface area contributed by atoms with Crippen LogP contribution in [0.2, 0.25) is 0 Å². The second-order valence-electron chi connectivity index (χ2n) is 5.81. The quantitative estimate of drug-likeness (QED) is 0.386. The summed E-state index contributed by atoms with van der Waals surface area (Å²) in [5.41, 5.74) is 3.11. The molecule has 0 saturated heterocycles. The molecule has 4 rings (SSSR count). The van der Waals surface area contributed by atoms with Crippen LogP contribution in [0.25, 0.3) is 33.4 Å². The topological polar surface area (TPSA) is 90.9 Å². The Hall–Kier alpha value is -3.09. The number of hydrogen-bond donors (Lipinski definition) is 3. The minimum atomic E-state index is -1.53. The molecule has 0 unspecified atom stereocenters. The highest BCUT2D eigenvalue weighted by atomic mass is 16.4. The van der Waals surface area contributed by atoms with Crippen molar-refractivity contribution in [2.45, 2.75) is 0 Å². The fourth-order valence-electron chi connectivity index (χ4n) is 2.99. The van der Waals surface area contributed by atoms with Gasteiger partial charge in [0.2, 0.25) is 0 Å². The van der Waals surface area contributed by atoms with Crippen molar-refractivity contribution in [3.63, 3.8) is 0 Å². The third-order valence-electron chi connectivity index (χ3n) is 4.17. The molecule has 1 aliphatic carbocycles. The lowest BCUT2D eigenvalue weighted by Crippen LogP contribution is -2.29. The average Bonchev–Trinajstić information content (AvgIpc) is 2.59. The molecule has 1 aliphatic heterocycles. The summed E-state index contributed by atoms with van der Waals surface area (Å²) in [4.78, 5) is 11.7. The molecule has 0 saturated carbocycles. The Labute approximate surface area is 142 Å². The molecule has 6 heteroatoms. The molecule has 0 atom stereocenters. The molecule has 0 bridgehead atoms. The number of fused-ring (bicyclic) bond motifs is 2. The van der Waals surface area contributed by atoms with Gasteiger partial charge in [0.25, 0.3) is 0 Å². The third kappa shape index (κ3) is 2.67. The van der Waals surface area contributed by atoms with Crippen molar-refractivity contribution >= 4 is 23.6 Å². The van der Waals surface area contributed by atoms with Gasteiger partial charge in [-0.25, -0.2) is 0 Å². The number of phenolic OH excluding ortho intramolecular Hbond substituents is 1. The lowest BCUT2D eigenvalue weighted by atomic mass is 9.79. The van der Waals surface area contributed by atoms with E-state index < -0.39 is 7.12 Å². The fraction of sp³-hybridized carbons (Fsp3) is 0. The Morgan fingerprint density at radius 1 is 0.880 bits per heavy atom. The van der Waals surface area contributed by atoms with Gasteiger partial charge >= 0.3 is 7.12 Å². The molecule has 0 fully saturated rings. The zero-order chi connectivity index (χ0) is 17.6. The van der Waals surface area contributed by atoms with Crippen LogP contribution in [-0.4, -0.2) is 22.3 Å². The van der Waals surface area contributed by atoms with Crippen LogP contribution >= 0.6 is 0 Å². The molecule has 0 aromatic heterocycles. The van der Waals surface area contributed by atoms with E-state index >= 15 is 0 Å². The maximum Gasteiger partial charge on any atom is 0.488 e. The lowest BCUT2D eigenvalue weighted by Gasteiger charge is -2.15. The predicted octanol–water partition coefficient (Wildman–Crippen LogP) is 1.95. The Kier molecular flexibility index (Phi) is 3.56. The Morgan fingerprint density at radius 2 is 1.64 bits per heavy atom.